The number of urea groups is 1. The highest BCUT2D eigenvalue weighted by Crippen LogP contribution is 2.27. The molecule has 1 fully saturated rings. The summed E-state index contributed by atoms with van der Waals surface area (Å²) in [7, 11) is 0. The number of hydrogen-bond acceptors (Lipinski definition) is 5. The van der Waals surface area contributed by atoms with Gasteiger partial charge in [-0.05, 0) is 18.9 Å². The van der Waals surface area contributed by atoms with E-state index in [-0.39, 0.29) is 6.04 Å². The third-order valence-corrected chi connectivity index (χ3v) is 3.92. The SMILES string of the molecule is O=C(COC(=O)Cn1cc(C(F)(F)F)ccc1=O)NC(=O)NC1CCCC1. The Hall–Kier alpha value is -2.85. The number of amides is 3. The molecule has 1 saturated carbocycles. The van der Waals surface area contributed by atoms with Gasteiger partial charge in [-0.1, -0.05) is 12.8 Å². The van der Waals surface area contributed by atoms with Gasteiger partial charge in [-0.3, -0.25) is 19.7 Å². The first kappa shape index (κ1) is 20.5. The molecule has 11 heteroatoms. The lowest BCUT2D eigenvalue weighted by atomic mass is 10.2. The summed E-state index contributed by atoms with van der Waals surface area (Å²) < 4.78 is 43.0. The van der Waals surface area contributed by atoms with Crippen LogP contribution in [-0.2, 0) is 27.0 Å². The maximum atomic E-state index is 12.6. The van der Waals surface area contributed by atoms with E-state index in [2.05, 4.69) is 10.1 Å². The molecule has 1 aromatic rings. The maximum absolute atomic E-state index is 12.6. The molecule has 0 saturated heterocycles. The molecular formula is C16H18F3N3O5. The van der Waals surface area contributed by atoms with Crippen molar-refractivity contribution in [3.8, 4) is 0 Å². The highest BCUT2D eigenvalue weighted by atomic mass is 19.4. The number of aromatic nitrogens is 1. The summed E-state index contributed by atoms with van der Waals surface area (Å²) in [6, 6.07) is 0.557. The van der Waals surface area contributed by atoms with E-state index in [0.717, 1.165) is 25.7 Å². The van der Waals surface area contributed by atoms with Crippen molar-refractivity contribution < 1.29 is 32.3 Å². The van der Waals surface area contributed by atoms with Gasteiger partial charge < -0.3 is 14.6 Å². The van der Waals surface area contributed by atoms with E-state index < -0.39 is 48.4 Å². The number of halogens is 3. The van der Waals surface area contributed by atoms with E-state index in [1.165, 1.54) is 0 Å². The van der Waals surface area contributed by atoms with Crippen LogP contribution in [-0.4, -0.2) is 35.1 Å². The molecule has 2 rings (SSSR count). The van der Waals surface area contributed by atoms with Crippen LogP contribution >= 0.6 is 0 Å². The highest BCUT2D eigenvalue weighted by molar-refractivity contribution is 5.95. The van der Waals surface area contributed by atoms with Crippen molar-refractivity contribution >= 4 is 17.9 Å². The summed E-state index contributed by atoms with van der Waals surface area (Å²) in [4.78, 5) is 46.3. The summed E-state index contributed by atoms with van der Waals surface area (Å²) in [6.07, 6.45) is -0.563. The van der Waals surface area contributed by atoms with Crippen molar-refractivity contribution in [1.82, 2.24) is 15.2 Å². The number of esters is 1. The Morgan fingerprint density at radius 3 is 2.48 bits per heavy atom. The highest BCUT2D eigenvalue weighted by Gasteiger charge is 2.31. The minimum absolute atomic E-state index is 0.00636. The monoisotopic (exact) mass is 389 g/mol. The van der Waals surface area contributed by atoms with Crippen molar-refractivity contribution in [2.24, 2.45) is 0 Å². The molecule has 0 radical (unpaired) electrons. The molecule has 8 nitrogen and oxygen atoms in total. The molecule has 148 valence electrons. The first-order valence-electron chi connectivity index (χ1n) is 8.19. The number of carbonyl (C=O) groups is 3. The number of nitrogens with zero attached hydrogens (tertiary/aromatic N) is 1. The van der Waals surface area contributed by atoms with Gasteiger partial charge in [-0.25, -0.2) is 4.79 Å². The number of hydrogen-bond donors (Lipinski definition) is 2. The summed E-state index contributed by atoms with van der Waals surface area (Å²) in [5.41, 5.74) is -1.93. The van der Waals surface area contributed by atoms with Crippen molar-refractivity contribution in [2.75, 3.05) is 6.61 Å². The zero-order valence-electron chi connectivity index (χ0n) is 14.2. The molecule has 1 aliphatic rings. The molecule has 1 aliphatic carbocycles. The predicted molar refractivity (Wildman–Crippen MR) is 85.6 cm³/mol. The van der Waals surface area contributed by atoms with Gasteiger partial charge in [0.15, 0.2) is 6.61 Å². The normalized spacial score (nSPS) is 14.6. The van der Waals surface area contributed by atoms with E-state index in [9.17, 15) is 32.3 Å². The van der Waals surface area contributed by atoms with Crippen LogP contribution in [0.4, 0.5) is 18.0 Å². The van der Waals surface area contributed by atoms with E-state index in [4.69, 9.17) is 0 Å². The summed E-state index contributed by atoms with van der Waals surface area (Å²) in [6.45, 7) is -1.60. The van der Waals surface area contributed by atoms with Crippen LogP contribution in [0.1, 0.15) is 31.2 Å². The van der Waals surface area contributed by atoms with Gasteiger partial charge >= 0.3 is 18.2 Å². The second kappa shape index (κ2) is 8.69. The van der Waals surface area contributed by atoms with Crippen LogP contribution in [0, 0.1) is 0 Å². The second-order valence-electron chi connectivity index (χ2n) is 6.05. The minimum Gasteiger partial charge on any atom is -0.454 e. The lowest BCUT2D eigenvalue weighted by molar-refractivity contribution is -0.149. The molecule has 0 atom stereocenters. The summed E-state index contributed by atoms with van der Waals surface area (Å²) in [5.74, 6) is -1.99. The van der Waals surface area contributed by atoms with Crippen LogP contribution in [0.5, 0.6) is 0 Å². The average Bonchev–Trinajstić information content (AvgIpc) is 3.06. The third kappa shape index (κ3) is 6.42. The van der Waals surface area contributed by atoms with Gasteiger partial charge in [0.2, 0.25) is 0 Å². The number of rotatable bonds is 5. The van der Waals surface area contributed by atoms with Crippen molar-refractivity contribution in [3.63, 3.8) is 0 Å². The van der Waals surface area contributed by atoms with Gasteiger partial charge in [-0.2, -0.15) is 13.2 Å². The first-order valence-corrected chi connectivity index (χ1v) is 8.19. The van der Waals surface area contributed by atoms with Crippen LogP contribution in [0.3, 0.4) is 0 Å². The molecule has 3 amide bonds. The Balaban J connectivity index is 1.81. The first-order chi connectivity index (χ1) is 12.6. The zero-order valence-corrected chi connectivity index (χ0v) is 14.2. The fourth-order valence-corrected chi connectivity index (χ4v) is 2.61. The smallest absolute Gasteiger partial charge is 0.417 e. The lowest BCUT2D eigenvalue weighted by Crippen LogP contribution is -2.45. The molecular weight excluding hydrogens is 371 g/mol. The van der Waals surface area contributed by atoms with Crippen molar-refractivity contribution in [1.29, 1.82) is 0 Å². The number of ether oxygens (including phenoxy) is 1. The molecule has 0 aliphatic heterocycles. The number of nitrogens with one attached hydrogen (secondary N) is 2. The molecule has 27 heavy (non-hydrogen) atoms. The van der Waals surface area contributed by atoms with Crippen molar-refractivity contribution in [2.45, 2.75) is 44.4 Å². The zero-order chi connectivity index (χ0) is 20.0. The van der Waals surface area contributed by atoms with Gasteiger partial charge in [-0.15, -0.1) is 0 Å². The van der Waals surface area contributed by atoms with Crippen LogP contribution in [0.15, 0.2) is 23.1 Å². The van der Waals surface area contributed by atoms with Crippen LogP contribution < -0.4 is 16.2 Å². The molecule has 0 bridgehead atoms. The fraction of sp³-hybridized carbons (Fsp3) is 0.500. The summed E-state index contributed by atoms with van der Waals surface area (Å²) in [5, 5.41) is 4.58. The molecule has 1 heterocycles. The standard InChI is InChI=1S/C16H18F3N3O5/c17-16(18,19)10-5-6-13(24)22(7-10)8-14(25)27-9-12(23)21-15(26)20-11-3-1-2-4-11/h5-7,11H,1-4,8-9H2,(H2,20,21,23,26). The van der Waals surface area contributed by atoms with E-state index in [1.807, 2.05) is 5.32 Å². The largest absolute Gasteiger partial charge is 0.454 e. The third-order valence-electron chi connectivity index (χ3n) is 3.92. The molecule has 0 aromatic carbocycles. The molecule has 0 spiro atoms. The van der Waals surface area contributed by atoms with Crippen molar-refractivity contribution in [3.05, 3.63) is 34.2 Å². The lowest BCUT2D eigenvalue weighted by Gasteiger charge is -2.12. The van der Waals surface area contributed by atoms with Gasteiger partial charge in [0.05, 0.1) is 5.56 Å². The molecule has 1 aromatic heterocycles. The quantitative estimate of drug-likeness (QED) is 0.736. The van der Waals surface area contributed by atoms with Crippen LogP contribution in [0.25, 0.3) is 0 Å². The summed E-state index contributed by atoms with van der Waals surface area (Å²) >= 11 is 0. The molecule has 2 N–H and O–H groups in total. The Morgan fingerprint density at radius 1 is 1.19 bits per heavy atom. The molecule has 0 unspecified atom stereocenters. The fourth-order valence-electron chi connectivity index (χ4n) is 2.61. The van der Waals surface area contributed by atoms with Gasteiger partial charge in [0, 0.05) is 18.3 Å². The number of alkyl halides is 3. The minimum atomic E-state index is -4.67. The Labute approximate surface area is 151 Å². The van der Waals surface area contributed by atoms with Gasteiger partial charge in [0.1, 0.15) is 6.54 Å². The Kier molecular flexibility index (Phi) is 6.59. The maximum Gasteiger partial charge on any atom is 0.417 e. The average molecular weight is 389 g/mol. The van der Waals surface area contributed by atoms with E-state index in [0.29, 0.717) is 22.9 Å². The number of imide groups is 1. The van der Waals surface area contributed by atoms with E-state index in [1.54, 1.807) is 0 Å². The second-order valence-corrected chi connectivity index (χ2v) is 6.05. The number of carbonyl (C=O) groups excluding carboxylic acids is 3. The van der Waals surface area contributed by atoms with E-state index >= 15 is 0 Å². The topological polar surface area (TPSA) is 106 Å². The Bertz CT molecular complexity index is 769. The Morgan fingerprint density at radius 2 is 1.85 bits per heavy atom. The van der Waals surface area contributed by atoms with Crippen LogP contribution in [0.2, 0.25) is 0 Å². The van der Waals surface area contributed by atoms with Gasteiger partial charge in [0.25, 0.3) is 11.5 Å². The predicted octanol–water partition coefficient (Wildman–Crippen LogP) is 1.18. The number of pyridine rings is 1.